The summed E-state index contributed by atoms with van der Waals surface area (Å²) in [5.41, 5.74) is 1.77. The minimum Gasteiger partial charge on any atom is -0.465 e. The maximum atomic E-state index is 12.1. The van der Waals surface area contributed by atoms with Gasteiger partial charge in [-0.25, -0.2) is 4.79 Å². The molecule has 0 unspecified atom stereocenters. The molecule has 0 saturated carbocycles. The van der Waals surface area contributed by atoms with Gasteiger partial charge in [0.1, 0.15) is 0 Å². The lowest BCUT2D eigenvalue weighted by atomic mass is 10.2. The summed E-state index contributed by atoms with van der Waals surface area (Å²) in [7, 11) is 3.22. The molecule has 0 spiro atoms. The van der Waals surface area contributed by atoms with Gasteiger partial charge in [0.2, 0.25) is 5.91 Å². The zero-order valence-corrected chi connectivity index (χ0v) is 14.3. The molecule has 126 valence electrons. The molecule has 2 aromatic rings. The first-order chi connectivity index (χ1) is 11.5. The Morgan fingerprint density at radius 2 is 1.88 bits per heavy atom. The average Bonchev–Trinajstić information content (AvgIpc) is 2.61. The number of carbonyl (C=O) groups is 2. The molecule has 0 aromatic heterocycles. The number of carbonyl (C=O) groups excluding carboxylic acids is 2. The van der Waals surface area contributed by atoms with E-state index in [1.165, 1.54) is 13.2 Å². The van der Waals surface area contributed by atoms with E-state index >= 15 is 0 Å². The number of hydrogen-bond acceptors (Lipinski definition) is 4. The van der Waals surface area contributed by atoms with Crippen LogP contribution in [-0.4, -0.2) is 32.6 Å². The highest BCUT2D eigenvalue weighted by Gasteiger charge is 2.12. The molecular formula is C18H19ClN2O3. The van der Waals surface area contributed by atoms with Crippen LogP contribution in [0.4, 0.5) is 11.4 Å². The number of hydrogen-bond donors (Lipinski definition) is 1. The van der Waals surface area contributed by atoms with Crippen LogP contribution in [-0.2, 0) is 9.53 Å². The number of halogens is 1. The minimum absolute atomic E-state index is 0.179. The van der Waals surface area contributed by atoms with E-state index in [1.807, 2.05) is 42.3 Å². The standard InChI is InChI=1S/C18H19ClN2O3/c1-21(14-6-4-3-5-7-14)11-10-17(22)20-16-12-13(18(23)24-2)8-9-15(16)19/h3-9,12H,10-11H2,1-2H3,(H,20,22). The summed E-state index contributed by atoms with van der Waals surface area (Å²) >= 11 is 6.07. The number of methoxy groups -OCH3 is 1. The van der Waals surface area contributed by atoms with Crippen molar-refractivity contribution in [2.45, 2.75) is 6.42 Å². The predicted molar refractivity (Wildman–Crippen MR) is 95.8 cm³/mol. The molecule has 0 saturated heterocycles. The third-order valence-corrected chi connectivity index (χ3v) is 3.86. The van der Waals surface area contributed by atoms with Gasteiger partial charge in [-0.15, -0.1) is 0 Å². The Morgan fingerprint density at radius 1 is 1.17 bits per heavy atom. The van der Waals surface area contributed by atoms with E-state index in [0.29, 0.717) is 29.2 Å². The summed E-state index contributed by atoms with van der Waals surface area (Å²) in [6.45, 7) is 0.560. The van der Waals surface area contributed by atoms with Crippen molar-refractivity contribution in [1.29, 1.82) is 0 Å². The van der Waals surface area contributed by atoms with Crippen molar-refractivity contribution in [2.24, 2.45) is 0 Å². The van der Waals surface area contributed by atoms with E-state index in [-0.39, 0.29) is 5.91 Å². The van der Waals surface area contributed by atoms with Crippen LogP contribution in [0.2, 0.25) is 5.02 Å². The van der Waals surface area contributed by atoms with Crippen LogP contribution >= 0.6 is 11.6 Å². The number of para-hydroxylation sites is 1. The summed E-state index contributed by atoms with van der Waals surface area (Å²) < 4.78 is 4.66. The Kier molecular flexibility index (Phi) is 6.21. The molecule has 0 atom stereocenters. The second-order valence-electron chi connectivity index (χ2n) is 5.24. The fourth-order valence-electron chi connectivity index (χ4n) is 2.16. The zero-order valence-electron chi connectivity index (χ0n) is 13.6. The SMILES string of the molecule is COC(=O)c1ccc(Cl)c(NC(=O)CCN(C)c2ccccc2)c1. The fraction of sp³-hybridized carbons (Fsp3) is 0.222. The third-order valence-electron chi connectivity index (χ3n) is 3.53. The zero-order chi connectivity index (χ0) is 17.5. The molecule has 5 nitrogen and oxygen atoms in total. The molecule has 1 N–H and O–H groups in total. The Hall–Kier alpha value is -2.53. The lowest BCUT2D eigenvalue weighted by Crippen LogP contribution is -2.24. The second-order valence-corrected chi connectivity index (χ2v) is 5.65. The molecule has 0 fully saturated rings. The van der Waals surface area contributed by atoms with Gasteiger partial charge in [0.05, 0.1) is 23.4 Å². The maximum Gasteiger partial charge on any atom is 0.337 e. The largest absolute Gasteiger partial charge is 0.465 e. The van der Waals surface area contributed by atoms with Crippen LogP contribution in [0.25, 0.3) is 0 Å². The van der Waals surface area contributed by atoms with E-state index < -0.39 is 5.97 Å². The smallest absolute Gasteiger partial charge is 0.337 e. The molecule has 0 heterocycles. The van der Waals surface area contributed by atoms with E-state index in [4.69, 9.17) is 11.6 Å². The van der Waals surface area contributed by atoms with Gasteiger partial charge in [-0.2, -0.15) is 0 Å². The lowest BCUT2D eigenvalue weighted by molar-refractivity contribution is -0.116. The second kappa shape index (κ2) is 8.36. The van der Waals surface area contributed by atoms with Crippen LogP contribution in [0, 0.1) is 0 Å². The van der Waals surface area contributed by atoms with Gasteiger partial charge in [-0.05, 0) is 30.3 Å². The molecule has 0 aliphatic heterocycles. The van der Waals surface area contributed by atoms with Crippen molar-refractivity contribution < 1.29 is 14.3 Å². The van der Waals surface area contributed by atoms with Gasteiger partial charge >= 0.3 is 5.97 Å². The van der Waals surface area contributed by atoms with Crippen molar-refractivity contribution in [1.82, 2.24) is 0 Å². The number of amides is 1. The highest BCUT2D eigenvalue weighted by atomic mass is 35.5. The number of benzene rings is 2. The molecule has 6 heteroatoms. The average molecular weight is 347 g/mol. The van der Waals surface area contributed by atoms with E-state index in [0.717, 1.165) is 5.69 Å². The molecule has 0 aliphatic carbocycles. The molecule has 0 bridgehead atoms. The molecule has 2 aromatic carbocycles. The van der Waals surface area contributed by atoms with Crippen molar-refractivity contribution in [3.05, 3.63) is 59.1 Å². The molecule has 2 rings (SSSR count). The highest BCUT2D eigenvalue weighted by molar-refractivity contribution is 6.33. The summed E-state index contributed by atoms with van der Waals surface area (Å²) in [5.74, 6) is -0.660. The van der Waals surface area contributed by atoms with Gasteiger partial charge < -0.3 is 15.0 Å². The van der Waals surface area contributed by atoms with Gasteiger partial charge in [-0.3, -0.25) is 4.79 Å². The quantitative estimate of drug-likeness (QED) is 0.812. The first-order valence-corrected chi connectivity index (χ1v) is 7.83. The fourth-order valence-corrected chi connectivity index (χ4v) is 2.32. The Morgan fingerprint density at radius 3 is 2.54 bits per heavy atom. The minimum atomic E-state index is -0.481. The first-order valence-electron chi connectivity index (χ1n) is 7.45. The van der Waals surface area contributed by atoms with Crippen LogP contribution in [0.1, 0.15) is 16.8 Å². The van der Waals surface area contributed by atoms with Gasteiger partial charge in [0.25, 0.3) is 0 Å². The van der Waals surface area contributed by atoms with Crippen LogP contribution in [0.3, 0.4) is 0 Å². The molecule has 0 aliphatic rings. The van der Waals surface area contributed by atoms with Crippen molar-refractivity contribution >= 4 is 34.9 Å². The summed E-state index contributed by atoms with van der Waals surface area (Å²) in [6, 6.07) is 14.4. The molecule has 1 amide bonds. The van der Waals surface area contributed by atoms with Gasteiger partial charge in [0, 0.05) is 25.7 Å². The van der Waals surface area contributed by atoms with Crippen LogP contribution in [0.5, 0.6) is 0 Å². The normalized spacial score (nSPS) is 10.1. The van der Waals surface area contributed by atoms with Crippen LogP contribution in [0.15, 0.2) is 48.5 Å². The number of ether oxygens (including phenoxy) is 1. The monoisotopic (exact) mass is 346 g/mol. The Bertz CT molecular complexity index is 719. The number of nitrogens with one attached hydrogen (secondary N) is 1. The van der Waals surface area contributed by atoms with Crippen molar-refractivity contribution in [3.63, 3.8) is 0 Å². The van der Waals surface area contributed by atoms with Crippen molar-refractivity contribution in [2.75, 3.05) is 30.9 Å². The van der Waals surface area contributed by atoms with Gasteiger partial charge in [-0.1, -0.05) is 29.8 Å². The van der Waals surface area contributed by atoms with Crippen LogP contribution < -0.4 is 10.2 Å². The number of rotatable bonds is 6. The predicted octanol–water partition coefficient (Wildman–Crippen LogP) is 3.59. The highest BCUT2D eigenvalue weighted by Crippen LogP contribution is 2.23. The molecule has 24 heavy (non-hydrogen) atoms. The third kappa shape index (κ3) is 4.73. The van der Waals surface area contributed by atoms with Crippen molar-refractivity contribution in [3.8, 4) is 0 Å². The van der Waals surface area contributed by atoms with E-state index in [9.17, 15) is 9.59 Å². The molecule has 0 radical (unpaired) electrons. The summed E-state index contributed by atoms with van der Waals surface area (Å²) in [6.07, 6.45) is 0.296. The number of anilines is 2. The number of nitrogens with zero attached hydrogens (tertiary/aromatic N) is 1. The topological polar surface area (TPSA) is 58.6 Å². The van der Waals surface area contributed by atoms with E-state index in [2.05, 4.69) is 10.1 Å². The first kappa shape index (κ1) is 17.8. The molecular weight excluding hydrogens is 328 g/mol. The lowest BCUT2D eigenvalue weighted by Gasteiger charge is -2.19. The summed E-state index contributed by atoms with van der Waals surface area (Å²) in [5, 5.41) is 3.10. The Labute approximate surface area is 146 Å². The maximum absolute atomic E-state index is 12.1. The van der Waals surface area contributed by atoms with E-state index in [1.54, 1.807) is 12.1 Å². The number of esters is 1. The van der Waals surface area contributed by atoms with Gasteiger partial charge in [0.15, 0.2) is 0 Å². The Balaban J connectivity index is 1.96. The summed E-state index contributed by atoms with van der Waals surface area (Å²) in [4.78, 5) is 25.7.